The molecule has 2 heterocycles. The fourth-order valence-corrected chi connectivity index (χ4v) is 2.45. The van der Waals surface area contributed by atoms with E-state index in [0.29, 0.717) is 10.8 Å². The number of fused-ring (bicyclic) bond motifs is 1. The molecule has 0 aliphatic heterocycles. The lowest BCUT2D eigenvalue weighted by Gasteiger charge is -2.16. The Labute approximate surface area is 119 Å². The lowest BCUT2D eigenvalue weighted by Crippen LogP contribution is -2.37. The second kappa shape index (κ2) is 5.32. The SMILES string of the molecule is CC(C)(O)CNC(=O)C=Cc1c(Cl)nc2sccn12. The van der Waals surface area contributed by atoms with Crippen molar-refractivity contribution < 1.29 is 9.90 Å². The van der Waals surface area contributed by atoms with Crippen molar-refractivity contribution in [3.63, 3.8) is 0 Å². The minimum Gasteiger partial charge on any atom is -0.389 e. The van der Waals surface area contributed by atoms with Crippen LogP contribution in [-0.2, 0) is 4.79 Å². The number of rotatable bonds is 4. The third-order valence-electron chi connectivity index (χ3n) is 2.34. The molecule has 0 saturated carbocycles. The molecular weight excluding hydrogens is 286 g/mol. The third kappa shape index (κ3) is 3.56. The van der Waals surface area contributed by atoms with Gasteiger partial charge in [0.15, 0.2) is 10.1 Å². The van der Waals surface area contributed by atoms with E-state index in [0.717, 1.165) is 4.96 Å². The molecule has 2 aromatic heterocycles. The van der Waals surface area contributed by atoms with Gasteiger partial charge in [0.1, 0.15) is 0 Å². The van der Waals surface area contributed by atoms with Crippen LogP contribution in [0.5, 0.6) is 0 Å². The first-order chi connectivity index (χ1) is 8.87. The first kappa shape index (κ1) is 14.0. The van der Waals surface area contributed by atoms with Gasteiger partial charge in [-0.25, -0.2) is 4.98 Å². The number of nitrogens with zero attached hydrogens (tertiary/aromatic N) is 2. The van der Waals surface area contributed by atoms with E-state index in [-0.39, 0.29) is 12.5 Å². The monoisotopic (exact) mass is 299 g/mol. The second-order valence-electron chi connectivity index (χ2n) is 4.71. The van der Waals surface area contributed by atoms with Gasteiger partial charge in [0.25, 0.3) is 0 Å². The Morgan fingerprint density at radius 3 is 3.11 bits per heavy atom. The van der Waals surface area contributed by atoms with Crippen molar-refractivity contribution in [1.29, 1.82) is 0 Å². The van der Waals surface area contributed by atoms with Gasteiger partial charge < -0.3 is 10.4 Å². The van der Waals surface area contributed by atoms with Gasteiger partial charge in [-0.15, -0.1) is 11.3 Å². The first-order valence-electron chi connectivity index (χ1n) is 5.66. The lowest BCUT2D eigenvalue weighted by atomic mass is 10.1. The maximum atomic E-state index is 11.6. The number of carbonyl (C=O) groups is 1. The van der Waals surface area contributed by atoms with Gasteiger partial charge in [-0.05, 0) is 19.9 Å². The highest BCUT2D eigenvalue weighted by atomic mass is 35.5. The number of halogens is 1. The molecular formula is C12H14ClN3O2S. The molecule has 0 fully saturated rings. The summed E-state index contributed by atoms with van der Waals surface area (Å²) in [7, 11) is 0. The molecule has 2 aromatic rings. The van der Waals surface area contributed by atoms with Crippen LogP contribution in [0.15, 0.2) is 17.7 Å². The van der Waals surface area contributed by atoms with Crippen LogP contribution in [0.25, 0.3) is 11.0 Å². The number of thiazole rings is 1. The fourth-order valence-electron chi connectivity index (χ4n) is 1.44. The Balaban J connectivity index is 2.08. The van der Waals surface area contributed by atoms with Crippen LogP contribution in [-0.4, -0.2) is 32.5 Å². The molecule has 102 valence electrons. The van der Waals surface area contributed by atoms with Crippen LogP contribution >= 0.6 is 22.9 Å². The summed E-state index contributed by atoms with van der Waals surface area (Å²) in [5.74, 6) is -0.289. The Bertz CT molecular complexity index is 624. The number of nitrogens with one attached hydrogen (secondary N) is 1. The smallest absolute Gasteiger partial charge is 0.244 e. The zero-order chi connectivity index (χ0) is 14.0. The van der Waals surface area contributed by atoms with Crippen molar-refractivity contribution in [3.8, 4) is 0 Å². The Morgan fingerprint density at radius 2 is 2.42 bits per heavy atom. The largest absolute Gasteiger partial charge is 0.389 e. The zero-order valence-corrected chi connectivity index (χ0v) is 12.1. The van der Waals surface area contributed by atoms with E-state index in [1.165, 1.54) is 17.4 Å². The molecule has 0 atom stereocenters. The maximum Gasteiger partial charge on any atom is 0.244 e. The number of carbonyl (C=O) groups excluding carboxylic acids is 1. The highest BCUT2D eigenvalue weighted by molar-refractivity contribution is 7.15. The normalized spacial score (nSPS) is 12.4. The van der Waals surface area contributed by atoms with E-state index < -0.39 is 5.60 Å². The van der Waals surface area contributed by atoms with E-state index in [4.69, 9.17) is 11.6 Å². The maximum absolute atomic E-state index is 11.6. The van der Waals surface area contributed by atoms with E-state index in [2.05, 4.69) is 10.3 Å². The minimum absolute atomic E-state index is 0.185. The summed E-state index contributed by atoms with van der Waals surface area (Å²) in [6, 6.07) is 0. The lowest BCUT2D eigenvalue weighted by molar-refractivity contribution is -0.117. The van der Waals surface area contributed by atoms with Crippen molar-refractivity contribution in [2.75, 3.05) is 6.54 Å². The molecule has 19 heavy (non-hydrogen) atoms. The standard InChI is InChI=1S/C12H14ClN3O2S/c1-12(2,18)7-14-9(17)4-3-8-10(13)15-11-16(8)5-6-19-11/h3-6,18H,7H2,1-2H3,(H,14,17). The molecule has 0 radical (unpaired) electrons. The Kier molecular flexibility index (Phi) is 3.93. The van der Waals surface area contributed by atoms with Crippen LogP contribution in [0.4, 0.5) is 0 Å². The topological polar surface area (TPSA) is 66.6 Å². The second-order valence-corrected chi connectivity index (χ2v) is 5.94. The molecule has 0 saturated heterocycles. The Morgan fingerprint density at radius 1 is 1.68 bits per heavy atom. The fraction of sp³-hybridized carbons (Fsp3) is 0.333. The average Bonchev–Trinajstić information content (AvgIpc) is 2.83. The number of aliphatic hydroxyl groups is 1. The zero-order valence-electron chi connectivity index (χ0n) is 10.6. The molecule has 0 aromatic carbocycles. The van der Waals surface area contributed by atoms with Gasteiger partial charge >= 0.3 is 0 Å². The molecule has 2 N–H and O–H groups in total. The van der Waals surface area contributed by atoms with Crippen molar-refractivity contribution in [1.82, 2.24) is 14.7 Å². The average molecular weight is 300 g/mol. The van der Waals surface area contributed by atoms with Gasteiger partial charge in [-0.3, -0.25) is 9.20 Å². The third-order valence-corrected chi connectivity index (χ3v) is 3.38. The first-order valence-corrected chi connectivity index (χ1v) is 6.92. The van der Waals surface area contributed by atoms with Crippen LogP contribution in [0.1, 0.15) is 19.5 Å². The number of hydrogen-bond acceptors (Lipinski definition) is 4. The van der Waals surface area contributed by atoms with Crippen molar-refractivity contribution >= 4 is 39.9 Å². The highest BCUT2D eigenvalue weighted by Gasteiger charge is 2.13. The molecule has 0 spiro atoms. The van der Waals surface area contributed by atoms with Crippen LogP contribution < -0.4 is 5.32 Å². The summed E-state index contributed by atoms with van der Waals surface area (Å²) in [5.41, 5.74) is -0.269. The predicted molar refractivity (Wildman–Crippen MR) is 76.4 cm³/mol. The van der Waals surface area contributed by atoms with E-state index in [1.807, 2.05) is 16.0 Å². The van der Waals surface area contributed by atoms with Crippen molar-refractivity contribution in [3.05, 3.63) is 28.5 Å². The van der Waals surface area contributed by atoms with Crippen LogP contribution in [0, 0.1) is 0 Å². The van der Waals surface area contributed by atoms with Crippen LogP contribution in [0.2, 0.25) is 5.15 Å². The van der Waals surface area contributed by atoms with Gasteiger partial charge in [-0.1, -0.05) is 11.6 Å². The number of hydrogen-bond donors (Lipinski definition) is 2. The molecule has 5 nitrogen and oxygen atoms in total. The number of imidazole rings is 1. The van der Waals surface area contributed by atoms with Gasteiger partial charge in [0.05, 0.1) is 11.3 Å². The quantitative estimate of drug-likeness (QED) is 0.848. The predicted octanol–water partition coefficient (Wildman–Crippen LogP) is 1.95. The van der Waals surface area contributed by atoms with E-state index >= 15 is 0 Å². The minimum atomic E-state index is -0.932. The number of aromatic nitrogens is 2. The van der Waals surface area contributed by atoms with Crippen molar-refractivity contribution in [2.24, 2.45) is 0 Å². The molecule has 7 heteroatoms. The molecule has 2 rings (SSSR count). The summed E-state index contributed by atoms with van der Waals surface area (Å²) < 4.78 is 1.81. The summed E-state index contributed by atoms with van der Waals surface area (Å²) in [6.07, 6.45) is 4.82. The highest BCUT2D eigenvalue weighted by Crippen LogP contribution is 2.22. The summed E-state index contributed by atoms with van der Waals surface area (Å²) in [5, 5.41) is 14.4. The van der Waals surface area contributed by atoms with Gasteiger partial charge in [0.2, 0.25) is 5.91 Å². The Hall–Kier alpha value is -1.37. The summed E-state index contributed by atoms with van der Waals surface area (Å²) in [6.45, 7) is 3.43. The van der Waals surface area contributed by atoms with Gasteiger partial charge in [0, 0.05) is 24.2 Å². The molecule has 0 bridgehead atoms. The molecule has 0 unspecified atom stereocenters. The molecule has 1 amide bonds. The van der Waals surface area contributed by atoms with Crippen molar-refractivity contribution in [2.45, 2.75) is 19.4 Å². The van der Waals surface area contributed by atoms with Crippen LogP contribution in [0.3, 0.4) is 0 Å². The van der Waals surface area contributed by atoms with Gasteiger partial charge in [-0.2, -0.15) is 0 Å². The number of amides is 1. The van der Waals surface area contributed by atoms with E-state index in [1.54, 1.807) is 19.9 Å². The molecule has 0 aliphatic rings. The summed E-state index contributed by atoms with van der Waals surface area (Å²) in [4.78, 5) is 16.5. The molecule has 0 aliphatic carbocycles. The summed E-state index contributed by atoms with van der Waals surface area (Å²) >= 11 is 7.46. The van der Waals surface area contributed by atoms with E-state index in [9.17, 15) is 9.90 Å².